The van der Waals surface area contributed by atoms with Gasteiger partial charge in [0.05, 0.1) is 0 Å². The Kier molecular flexibility index (Phi) is 4.86. The number of carboxylic acids is 1. The van der Waals surface area contributed by atoms with Gasteiger partial charge >= 0.3 is 12.0 Å². The minimum Gasteiger partial charge on any atom is -0.481 e. The highest BCUT2D eigenvalue weighted by molar-refractivity contribution is 5.74. The van der Waals surface area contributed by atoms with E-state index < -0.39 is 5.97 Å². The van der Waals surface area contributed by atoms with E-state index in [1.165, 1.54) is 4.90 Å². The van der Waals surface area contributed by atoms with Crippen LogP contribution in [0.4, 0.5) is 4.79 Å². The normalized spacial score (nSPS) is 12.0. The molecule has 0 fully saturated rings. The number of nitrogens with one attached hydrogen (secondary N) is 1. The first-order valence-electron chi connectivity index (χ1n) is 6.65. The highest BCUT2D eigenvalue weighted by atomic mass is 16.7. The number of benzene rings is 1. The highest BCUT2D eigenvalue weighted by Gasteiger charge is 2.15. The molecule has 0 saturated heterocycles. The number of nitrogens with zero attached hydrogens (tertiary/aromatic N) is 1. The van der Waals surface area contributed by atoms with Crippen molar-refractivity contribution >= 4 is 12.0 Å². The summed E-state index contributed by atoms with van der Waals surface area (Å²) < 4.78 is 10.5. The molecule has 1 aromatic rings. The van der Waals surface area contributed by atoms with Crippen LogP contribution in [0.5, 0.6) is 11.5 Å². The fraction of sp³-hybridized carbons (Fsp3) is 0.429. The van der Waals surface area contributed by atoms with Gasteiger partial charge in [-0.3, -0.25) is 4.79 Å². The van der Waals surface area contributed by atoms with Gasteiger partial charge in [-0.15, -0.1) is 0 Å². The van der Waals surface area contributed by atoms with Crippen LogP contribution < -0.4 is 14.8 Å². The van der Waals surface area contributed by atoms with E-state index in [2.05, 4.69) is 5.32 Å². The predicted molar refractivity (Wildman–Crippen MR) is 74.3 cm³/mol. The molecule has 0 aliphatic carbocycles. The van der Waals surface area contributed by atoms with Crippen LogP contribution in [0.15, 0.2) is 18.2 Å². The summed E-state index contributed by atoms with van der Waals surface area (Å²) in [5.41, 5.74) is 0.933. The summed E-state index contributed by atoms with van der Waals surface area (Å²) >= 11 is 0. The summed E-state index contributed by atoms with van der Waals surface area (Å²) in [5.74, 6) is 0.528. The maximum atomic E-state index is 11.8. The Morgan fingerprint density at radius 3 is 2.86 bits per heavy atom. The lowest BCUT2D eigenvalue weighted by molar-refractivity contribution is -0.137. The number of hydrogen-bond donors (Lipinski definition) is 2. The third-order valence-electron chi connectivity index (χ3n) is 3.05. The topological polar surface area (TPSA) is 88.1 Å². The van der Waals surface area contributed by atoms with Crippen molar-refractivity contribution in [1.82, 2.24) is 10.2 Å². The van der Waals surface area contributed by atoms with Crippen molar-refractivity contribution in [3.8, 4) is 11.5 Å². The molecular weight excluding hydrogens is 276 g/mol. The third-order valence-corrected chi connectivity index (χ3v) is 3.05. The van der Waals surface area contributed by atoms with Gasteiger partial charge in [-0.25, -0.2) is 4.79 Å². The fourth-order valence-corrected chi connectivity index (χ4v) is 1.95. The molecule has 0 spiro atoms. The summed E-state index contributed by atoms with van der Waals surface area (Å²) in [6.45, 7) is 0.997. The molecule has 0 aromatic heterocycles. The van der Waals surface area contributed by atoms with E-state index in [1.807, 2.05) is 18.2 Å². The molecule has 1 aliphatic heterocycles. The molecule has 114 valence electrons. The zero-order valence-electron chi connectivity index (χ0n) is 11.8. The molecule has 1 aliphatic rings. The van der Waals surface area contributed by atoms with E-state index in [0.29, 0.717) is 31.0 Å². The zero-order chi connectivity index (χ0) is 15.2. The SMILES string of the molecule is CN(Cc1ccc2c(c1)OCO2)C(=O)NCCCC(=O)O. The second-order valence-corrected chi connectivity index (χ2v) is 4.77. The van der Waals surface area contributed by atoms with Crippen LogP contribution in [0, 0.1) is 0 Å². The number of ether oxygens (including phenoxy) is 2. The van der Waals surface area contributed by atoms with Gasteiger partial charge in [0.15, 0.2) is 11.5 Å². The van der Waals surface area contributed by atoms with Crippen molar-refractivity contribution in [1.29, 1.82) is 0 Å². The summed E-state index contributed by atoms with van der Waals surface area (Å²) in [6.07, 6.45) is 0.463. The molecule has 2 N–H and O–H groups in total. The lowest BCUT2D eigenvalue weighted by Gasteiger charge is -2.18. The van der Waals surface area contributed by atoms with E-state index in [4.69, 9.17) is 14.6 Å². The number of hydrogen-bond acceptors (Lipinski definition) is 4. The number of carbonyl (C=O) groups is 2. The first-order valence-corrected chi connectivity index (χ1v) is 6.65. The number of carboxylic acid groups (broad SMARTS) is 1. The zero-order valence-corrected chi connectivity index (χ0v) is 11.8. The molecule has 2 amide bonds. The minimum atomic E-state index is -0.863. The van der Waals surface area contributed by atoms with Crippen molar-refractivity contribution < 1.29 is 24.2 Å². The molecule has 7 heteroatoms. The summed E-state index contributed by atoms with van der Waals surface area (Å²) in [4.78, 5) is 23.7. The maximum Gasteiger partial charge on any atom is 0.317 e. The fourth-order valence-electron chi connectivity index (χ4n) is 1.95. The van der Waals surface area contributed by atoms with Crippen LogP contribution in [0.1, 0.15) is 18.4 Å². The van der Waals surface area contributed by atoms with E-state index >= 15 is 0 Å². The maximum absolute atomic E-state index is 11.8. The third kappa shape index (κ3) is 4.27. The van der Waals surface area contributed by atoms with Crippen LogP contribution in [-0.4, -0.2) is 42.4 Å². The van der Waals surface area contributed by atoms with Crippen LogP contribution in [0.3, 0.4) is 0 Å². The Morgan fingerprint density at radius 1 is 1.33 bits per heavy atom. The van der Waals surface area contributed by atoms with Crippen molar-refractivity contribution in [2.75, 3.05) is 20.4 Å². The van der Waals surface area contributed by atoms with E-state index in [1.54, 1.807) is 7.05 Å². The number of aliphatic carboxylic acids is 1. The summed E-state index contributed by atoms with van der Waals surface area (Å²) in [5, 5.41) is 11.2. The van der Waals surface area contributed by atoms with Gasteiger partial charge in [0.2, 0.25) is 6.79 Å². The second-order valence-electron chi connectivity index (χ2n) is 4.77. The van der Waals surface area contributed by atoms with Crippen LogP contribution in [0.2, 0.25) is 0 Å². The number of carbonyl (C=O) groups excluding carboxylic acids is 1. The number of amides is 2. The first-order chi connectivity index (χ1) is 10.1. The Hall–Kier alpha value is -2.44. The first kappa shape index (κ1) is 15.0. The van der Waals surface area contributed by atoms with Crippen molar-refractivity contribution in [2.24, 2.45) is 0 Å². The average molecular weight is 294 g/mol. The molecule has 7 nitrogen and oxygen atoms in total. The van der Waals surface area contributed by atoms with Gasteiger partial charge in [-0.1, -0.05) is 6.07 Å². The lowest BCUT2D eigenvalue weighted by atomic mass is 10.2. The van der Waals surface area contributed by atoms with Crippen LogP contribution in [-0.2, 0) is 11.3 Å². The molecule has 0 saturated carbocycles. The molecule has 1 aromatic carbocycles. The van der Waals surface area contributed by atoms with Crippen molar-refractivity contribution in [2.45, 2.75) is 19.4 Å². The van der Waals surface area contributed by atoms with Gasteiger partial charge < -0.3 is 24.8 Å². The van der Waals surface area contributed by atoms with E-state index in [-0.39, 0.29) is 19.2 Å². The Balaban J connectivity index is 1.79. The standard InChI is InChI=1S/C14H18N2O5/c1-16(14(19)15-6-2-3-13(17)18)8-10-4-5-11-12(7-10)21-9-20-11/h4-5,7H,2-3,6,8-9H2,1H3,(H,15,19)(H,17,18). The van der Waals surface area contributed by atoms with Gasteiger partial charge in [0, 0.05) is 26.6 Å². The molecule has 2 rings (SSSR count). The molecular formula is C14H18N2O5. The number of rotatable bonds is 6. The average Bonchev–Trinajstić information content (AvgIpc) is 2.90. The molecule has 0 radical (unpaired) electrons. The number of urea groups is 1. The summed E-state index contributed by atoms with van der Waals surface area (Å²) in [7, 11) is 1.68. The Bertz CT molecular complexity index is 532. The molecule has 21 heavy (non-hydrogen) atoms. The predicted octanol–water partition coefficient (Wildman–Crippen LogP) is 1.42. The van der Waals surface area contributed by atoms with Gasteiger partial charge in [-0.2, -0.15) is 0 Å². The second kappa shape index (κ2) is 6.83. The van der Waals surface area contributed by atoms with Crippen molar-refractivity contribution in [3.63, 3.8) is 0 Å². The van der Waals surface area contributed by atoms with Gasteiger partial charge in [0.25, 0.3) is 0 Å². The largest absolute Gasteiger partial charge is 0.481 e. The molecule has 0 unspecified atom stereocenters. The molecule has 0 atom stereocenters. The highest BCUT2D eigenvalue weighted by Crippen LogP contribution is 2.32. The monoisotopic (exact) mass is 294 g/mol. The van der Waals surface area contributed by atoms with Crippen LogP contribution in [0.25, 0.3) is 0 Å². The Morgan fingerprint density at radius 2 is 2.10 bits per heavy atom. The minimum absolute atomic E-state index is 0.0478. The quantitative estimate of drug-likeness (QED) is 0.775. The molecule has 0 bridgehead atoms. The van der Waals surface area contributed by atoms with E-state index in [0.717, 1.165) is 5.56 Å². The van der Waals surface area contributed by atoms with Crippen LogP contribution >= 0.6 is 0 Å². The molecule has 1 heterocycles. The number of fused-ring (bicyclic) bond motifs is 1. The van der Waals surface area contributed by atoms with E-state index in [9.17, 15) is 9.59 Å². The lowest BCUT2D eigenvalue weighted by Crippen LogP contribution is -2.37. The smallest absolute Gasteiger partial charge is 0.317 e. The Labute approximate surface area is 122 Å². The van der Waals surface area contributed by atoms with Crippen molar-refractivity contribution in [3.05, 3.63) is 23.8 Å². The van der Waals surface area contributed by atoms with Gasteiger partial charge in [-0.05, 0) is 24.1 Å². The summed E-state index contributed by atoms with van der Waals surface area (Å²) in [6, 6.07) is 5.30. The van der Waals surface area contributed by atoms with Gasteiger partial charge in [0.1, 0.15) is 0 Å².